The monoisotopic (exact) mass is 281 g/mol. The number of ether oxygens (including phenoxy) is 1. The molecule has 1 aromatic heterocycles. The smallest absolute Gasteiger partial charge is 0.196 e. The Morgan fingerprint density at radius 3 is 3.06 bits per heavy atom. The van der Waals surface area contributed by atoms with Crippen LogP contribution in [0.4, 0.5) is 0 Å². The quantitative estimate of drug-likeness (QED) is 0.620. The Bertz CT molecular complexity index is 553. The Morgan fingerprint density at radius 1 is 1.50 bits per heavy atom. The van der Waals surface area contributed by atoms with E-state index in [2.05, 4.69) is 4.98 Å². The van der Waals surface area contributed by atoms with Gasteiger partial charge < -0.3 is 4.74 Å². The standard InChI is InChI=1S/C13H12ClNO2S/c1-2-17-10-5-3-4-9(6-10)13-15-11(8-18-13)12(16)7-14/h3-6,8H,2,7H2,1H3. The van der Waals surface area contributed by atoms with Gasteiger partial charge in [0, 0.05) is 10.9 Å². The number of halogens is 1. The number of benzene rings is 1. The van der Waals surface area contributed by atoms with Crippen LogP contribution in [0, 0.1) is 0 Å². The lowest BCUT2D eigenvalue weighted by atomic mass is 10.2. The summed E-state index contributed by atoms with van der Waals surface area (Å²) in [6, 6.07) is 7.66. The highest BCUT2D eigenvalue weighted by Gasteiger charge is 2.11. The van der Waals surface area contributed by atoms with E-state index >= 15 is 0 Å². The zero-order valence-electron chi connectivity index (χ0n) is 9.85. The number of nitrogens with zero attached hydrogens (tertiary/aromatic N) is 1. The van der Waals surface area contributed by atoms with E-state index in [1.54, 1.807) is 5.38 Å². The van der Waals surface area contributed by atoms with Crippen molar-refractivity contribution in [3.8, 4) is 16.3 Å². The van der Waals surface area contributed by atoms with Gasteiger partial charge in [0.15, 0.2) is 5.78 Å². The summed E-state index contributed by atoms with van der Waals surface area (Å²) in [5, 5.41) is 2.53. The van der Waals surface area contributed by atoms with Gasteiger partial charge in [0.1, 0.15) is 16.5 Å². The highest BCUT2D eigenvalue weighted by Crippen LogP contribution is 2.27. The number of alkyl halides is 1. The SMILES string of the molecule is CCOc1cccc(-c2nc(C(=O)CCl)cs2)c1. The van der Waals surface area contributed by atoms with Crippen LogP contribution in [0.25, 0.3) is 10.6 Å². The topological polar surface area (TPSA) is 39.2 Å². The molecule has 94 valence electrons. The minimum Gasteiger partial charge on any atom is -0.494 e. The molecule has 0 saturated heterocycles. The number of hydrogen-bond donors (Lipinski definition) is 0. The number of Topliss-reactive ketones (excluding diaryl/α,β-unsaturated/α-hetero) is 1. The van der Waals surface area contributed by atoms with Crippen molar-refractivity contribution < 1.29 is 9.53 Å². The molecular weight excluding hydrogens is 270 g/mol. The van der Waals surface area contributed by atoms with Gasteiger partial charge in [-0.05, 0) is 19.1 Å². The summed E-state index contributed by atoms with van der Waals surface area (Å²) in [7, 11) is 0. The average molecular weight is 282 g/mol. The molecule has 18 heavy (non-hydrogen) atoms. The third-order valence-corrected chi connectivity index (χ3v) is 3.44. The van der Waals surface area contributed by atoms with E-state index in [0.717, 1.165) is 16.3 Å². The summed E-state index contributed by atoms with van der Waals surface area (Å²) in [5.74, 6) is 0.609. The zero-order valence-corrected chi connectivity index (χ0v) is 11.4. The molecule has 0 fully saturated rings. The summed E-state index contributed by atoms with van der Waals surface area (Å²) in [6.07, 6.45) is 0. The molecule has 1 aromatic carbocycles. The van der Waals surface area contributed by atoms with Gasteiger partial charge in [-0.15, -0.1) is 22.9 Å². The van der Waals surface area contributed by atoms with Gasteiger partial charge in [0.2, 0.25) is 0 Å². The molecule has 5 heteroatoms. The normalized spacial score (nSPS) is 10.3. The van der Waals surface area contributed by atoms with Gasteiger partial charge in [-0.25, -0.2) is 4.98 Å². The first-order valence-corrected chi connectivity index (χ1v) is 6.94. The maximum Gasteiger partial charge on any atom is 0.196 e. The first-order valence-electron chi connectivity index (χ1n) is 5.52. The van der Waals surface area contributed by atoms with Crippen LogP contribution in [-0.2, 0) is 0 Å². The molecule has 0 aliphatic heterocycles. The molecule has 0 aliphatic carbocycles. The molecule has 2 aromatic rings. The van der Waals surface area contributed by atoms with E-state index in [9.17, 15) is 4.79 Å². The first kappa shape index (κ1) is 13.1. The van der Waals surface area contributed by atoms with Crippen LogP contribution in [0.2, 0.25) is 0 Å². The molecule has 0 aliphatic rings. The number of carbonyl (C=O) groups excluding carboxylic acids is 1. The number of carbonyl (C=O) groups is 1. The van der Waals surface area contributed by atoms with Crippen molar-refractivity contribution in [3.63, 3.8) is 0 Å². The average Bonchev–Trinajstić information content (AvgIpc) is 2.88. The molecular formula is C13H12ClNO2S. The third kappa shape index (κ3) is 2.89. The van der Waals surface area contributed by atoms with E-state index < -0.39 is 0 Å². The van der Waals surface area contributed by atoms with Crippen LogP contribution in [0.3, 0.4) is 0 Å². The Kier molecular flexibility index (Phi) is 4.33. The number of ketones is 1. The zero-order chi connectivity index (χ0) is 13.0. The lowest BCUT2D eigenvalue weighted by Gasteiger charge is -2.03. The second-order valence-electron chi connectivity index (χ2n) is 3.56. The molecule has 0 atom stereocenters. The van der Waals surface area contributed by atoms with Crippen LogP contribution in [0.5, 0.6) is 5.75 Å². The minimum atomic E-state index is -0.153. The van der Waals surface area contributed by atoms with Gasteiger partial charge in [-0.3, -0.25) is 4.79 Å². The maximum absolute atomic E-state index is 11.4. The fraction of sp³-hybridized carbons (Fsp3) is 0.231. The van der Waals surface area contributed by atoms with Crippen molar-refractivity contribution in [2.45, 2.75) is 6.92 Å². The Morgan fingerprint density at radius 2 is 2.33 bits per heavy atom. The minimum absolute atomic E-state index is 0.0395. The van der Waals surface area contributed by atoms with Gasteiger partial charge >= 0.3 is 0 Å². The lowest BCUT2D eigenvalue weighted by molar-refractivity contribution is 0.101. The van der Waals surface area contributed by atoms with Crippen molar-refractivity contribution in [1.29, 1.82) is 0 Å². The molecule has 3 nitrogen and oxygen atoms in total. The summed E-state index contributed by atoms with van der Waals surface area (Å²) < 4.78 is 5.43. The predicted molar refractivity (Wildman–Crippen MR) is 73.8 cm³/mol. The predicted octanol–water partition coefficient (Wildman–Crippen LogP) is 3.63. The van der Waals surface area contributed by atoms with Gasteiger partial charge in [0.25, 0.3) is 0 Å². The Hall–Kier alpha value is -1.39. The highest BCUT2D eigenvalue weighted by molar-refractivity contribution is 7.13. The molecule has 0 unspecified atom stereocenters. The van der Waals surface area contributed by atoms with Crippen LogP contribution < -0.4 is 4.74 Å². The maximum atomic E-state index is 11.4. The van der Waals surface area contributed by atoms with Gasteiger partial charge in [0.05, 0.1) is 12.5 Å². The van der Waals surface area contributed by atoms with E-state index in [4.69, 9.17) is 16.3 Å². The van der Waals surface area contributed by atoms with Crippen molar-refractivity contribution in [3.05, 3.63) is 35.3 Å². The second-order valence-corrected chi connectivity index (χ2v) is 4.68. The second kappa shape index (κ2) is 5.98. The lowest BCUT2D eigenvalue weighted by Crippen LogP contribution is -2.00. The Labute approximate surface area is 114 Å². The molecule has 0 radical (unpaired) electrons. The molecule has 0 spiro atoms. The molecule has 1 heterocycles. The van der Waals surface area contributed by atoms with Crippen molar-refractivity contribution in [2.24, 2.45) is 0 Å². The third-order valence-electron chi connectivity index (χ3n) is 2.30. The molecule has 0 bridgehead atoms. The molecule has 0 saturated carbocycles. The fourth-order valence-corrected chi connectivity index (χ4v) is 2.45. The molecule has 2 rings (SSSR count). The van der Waals surface area contributed by atoms with Gasteiger partial charge in [-0.1, -0.05) is 12.1 Å². The van der Waals surface area contributed by atoms with Crippen molar-refractivity contribution >= 4 is 28.7 Å². The largest absolute Gasteiger partial charge is 0.494 e. The summed E-state index contributed by atoms with van der Waals surface area (Å²) >= 11 is 6.93. The van der Waals surface area contributed by atoms with E-state index in [1.807, 2.05) is 31.2 Å². The van der Waals surface area contributed by atoms with E-state index in [-0.39, 0.29) is 11.7 Å². The number of rotatable bonds is 5. The number of aromatic nitrogens is 1. The fourth-order valence-electron chi connectivity index (χ4n) is 1.49. The van der Waals surface area contributed by atoms with Crippen LogP contribution in [0.15, 0.2) is 29.6 Å². The summed E-state index contributed by atoms with van der Waals surface area (Å²) in [6.45, 7) is 2.56. The number of thiazole rings is 1. The van der Waals surface area contributed by atoms with E-state index in [1.165, 1.54) is 11.3 Å². The summed E-state index contributed by atoms with van der Waals surface area (Å²) in [5.41, 5.74) is 1.37. The number of hydrogen-bond acceptors (Lipinski definition) is 4. The first-order chi connectivity index (χ1) is 8.74. The summed E-state index contributed by atoms with van der Waals surface area (Å²) in [4.78, 5) is 15.7. The molecule has 0 amide bonds. The van der Waals surface area contributed by atoms with Crippen molar-refractivity contribution in [2.75, 3.05) is 12.5 Å². The van der Waals surface area contributed by atoms with Crippen LogP contribution >= 0.6 is 22.9 Å². The molecule has 0 N–H and O–H groups in total. The Balaban J connectivity index is 2.28. The van der Waals surface area contributed by atoms with E-state index in [0.29, 0.717) is 12.3 Å². The van der Waals surface area contributed by atoms with Gasteiger partial charge in [-0.2, -0.15) is 0 Å². The van der Waals surface area contributed by atoms with Crippen LogP contribution in [-0.4, -0.2) is 23.3 Å². The van der Waals surface area contributed by atoms with Crippen molar-refractivity contribution in [1.82, 2.24) is 4.98 Å². The van der Waals surface area contributed by atoms with Crippen LogP contribution in [0.1, 0.15) is 17.4 Å². The highest BCUT2D eigenvalue weighted by atomic mass is 35.5.